The number of hydrogen-bond acceptors (Lipinski definition) is 4. The van der Waals surface area contributed by atoms with Gasteiger partial charge in [-0.1, -0.05) is 26.0 Å². The van der Waals surface area contributed by atoms with Gasteiger partial charge in [0.15, 0.2) is 0 Å². The number of methoxy groups -OCH3 is 1. The number of carbonyl (C=O) groups is 1. The Kier molecular flexibility index (Phi) is 4.48. The van der Waals surface area contributed by atoms with Gasteiger partial charge in [-0.05, 0) is 41.8 Å². The highest BCUT2D eigenvalue weighted by Gasteiger charge is 2.12. The normalized spacial score (nSPS) is 10.5. The summed E-state index contributed by atoms with van der Waals surface area (Å²) in [6.07, 6.45) is 0. The van der Waals surface area contributed by atoms with Crippen molar-refractivity contribution in [2.24, 2.45) is 0 Å². The summed E-state index contributed by atoms with van der Waals surface area (Å²) in [5, 5.41) is 3.25. The van der Waals surface area contributed by atoms with Crippen molar-refractivity contribution in [3.8, 4) is 0 Å². The molecule has 0 spiro atoms. The van der Waals surface area contributed by atoms with E-state index in [0.29, 0.717) is 22.9 Å². The van der Waals surface area contributed by atoms with Gasteiger partial charge in [-0.15, -0.1) is 0 Å². The first-order chi connectivity index (χ1) is 10.0. The van der Waals surface area contributed by atoms with Crippen LogP contribution in [0.25, 0.3) is 0 Å². The van der Waals surface area contributed by atoms with Gasteiger partial charge in [-0.25, -0.2) is 4.79 Å². The fourth-order valence-corrected chi connectivity index (χ4v) is 2.08. The summed E-state index contributed by atoms with van der Waals surface area (Å²) in [4.78, 5) is 11.8. The molecule has 0 heterocycles. The minimum Gasteiger partial charge on any atom is -0.465 e. The first kappa shape index (κ1) is 14.9. The Balaban J connectivity index is 2.35. The molecule has 4 heteroatoms. The number of rotatable bonds is 4. The number of nitrogen functional groups attached to an aromatic ring is 1. The van der Waals surface area contributed by atoms with Crippen molar-refractivity contribution in [1.29, 1.82) is 0 Å². The van der Waals surface area contributed by atoms with Gasteiger partial charge in [-0.2, -0.15) is 0 Å². The Morgan fingerprint density at radius 1 is 1.19 bits per heavy atom. The third-order valence-electron chi connectivity index (χ3n) is 3.28. The number of nitrogens with two attached hydrogens (primary N) is 1. The molecule has 0 radical (unpaired) electrons. The van der Waals surface area contributed by atoms with Crippen molar-refractivity contribution in [3.63, 3.8) is 0 Å². The summed E-state index contributed by atoms with van der Waals surface area (Å²) in [6.45, 7) is 4.28. The molecule has 0 saturated carbocycles. The number of benzene rings is 2. The van der Waals surface area contributed by atoms with Crippen LogP contribution in [0.2, 0.25) is 0 Å². The number of esters is 1. The topological polar surface area (TPSA) is 64.3 Å². The van der Waals surface area contributed by atoms with E-state index in [2.05, 4.69) is 31.3 Å². The Hall–Kier alpha value is -2.49. The van der Waals surface area contributed by atoms with Gasteiger partial charge < -0.3 is 15.8 Å². The third-order valence-corrected chi connectivity index (χ3v) is 3.28. The lowest BCUT2D eigenvalue weighted by Crippen LogP contribution is -2.06. The molecular weight excluding hydrogens is 264 g/mol. The molecule has 0 bridgehead atoms. The van der Waals surface area contributed by atoms with Gasteiger partial charge in [0.1, 0.15) is 0 Å². The predicted molar refractivity (Wildman–Crippen MR) is 86.0 cm³/mol. The molecule has 0 atom stereocenters. The summed E-state index contributed by atoms with van der Waals surface area (Å²) >= 11 is 0. The number of nitrogens with one attached hydrogen (secondary N) is 1. The van der Waals surface area contributed by atoms with Crippen molar-refractivity contribution in [2.75, 3.05) is 18.2 Å². The molecular formula is C17H20N2O2. The van der Waals surface area contributed by atoms with Crippen LogP contribution in [0.5, 0.6) is 0 Å². The Morgan fingerprint density at radius 2 is 1.95 bits per heavy atom. The smallest absolute Gasteiger partial charge is 0.340 e. The van der Waals surface area contributed by atoms with Gasteiger partial charge in [0.25, 0.3) is 0 Å². The van der Waals surface area contributed by atoms with Gasteiger partial charge in [0.05, 0.1) is 18.4 Å². The highest BCUT2D eigenvalue weighted by atomic mass is 16.5. The van der Waals surface area contributed by atoms with Crippen molar-refractivity contribution >= 4 is 23.0 Å². The standard InChI is InChI=1S/C17H20N2O2/c1-11(2)12-5-4-6-14(9-12)19-16-8-7-13(18)10-15(16)17(20)21-3/h4-11,19H,18H2,1-3H3. The van der Waals surface area contributed by atoms with Crippen LogP contribution in [-0.4, -0.2) is 13.1 Å². The molecule has 0 aromatic heterocycles. The fourth-order valence-electron chi connectivity index (χ4n) is 2.08. The molecule has 0 aliphatic rings. The second-order valence-electron chi connectivity index (χ2n) is 5.20. The zero-order valence-corrected chi connectivity index (χ0v) is 12.5. The molecule has 0 saturated heterocycles. The SMILES string of the molecule is COC(=O)c1cc(N)ccc1Nc1cccc(C(C)C)c1. The lowest BCUT2D eigenvalue weighted by molar-refractivity contribution is 0.0602. The molecule has 2 aromatic rings. The van der Waals surface area contributed by atoms with Crippen LogP contribution < -0.4 is 11.1 Å². The number of carbonyl (C=O) groups excluding carboxylic acids is 1. The van der Waals surface area contributed by atoms with E-state index in [0.717, 1.165) is 5.69 Å². The predicted octanol–water partition coefficient (Wildman–Crippen LogP) is 3.92. The van der Waals surface area contributed by atoms with Crippen molar-refractivity contribution < 1.29 is 9.53 Å². The van der Waals surface area contributed by atoms with Crippen LogP contribution >= 0.6 is 0 Å². The first-order valence-electron chi connectivity index (χ1n) is 6.86. The van der Waals surface area contributed by atoms with Gasteiger partial charge in [-0.3, -0.25) is 0 Å². The minimum absolute atomic E-state index is 0.412. The van der Waals surface area contributed by atoms with Crippen molar-refractivity contribution in [1.82, 2.24) is 0 Å². The van der Waals surface area contributed by atoms with Crippen molar-refractivity contribution in [2.45, 2.75) is 19.8 Å². The molecule has 0 fully saturated rings. The maximum atomic E-state index is 11.8. The van der Waals surface area contributed by atoms with E-state index in [1.165, 1.54) is 12.7 Å². The van der Waals surface area contributed by atoms with E-state index in [-0.39, 0.29) is 0 Å². The number of hydrogen-bond donors (Lipinski definition) is 2. The fraction of sp³-hybridized carbons (Fsp3) is 0.235. The third kappa shape index (κ3) is 3.54. The summed E-state index contributed by atoms with van der Waals surface area (Å²) in [7, 11) is 1.36. The van der Waals surface area contributed by atoms with E-state index in [1.54, 1.807) is 18.2 Å². The molecule has 0 amide bonds. The van der Waals surface area contributed by atoms with E-state index in [1.807, 2.05) is 12.1 Å². The maximum Gasteiger partial charge on any atom is 0.340 e. The molecule has 21 heavy (non-hydrogen) atoms. The monoisotopic (exact) mass is 284 g/mol. The average molecular weight is 284 g/mol. The highest BCUT2D eigenvalue weighted by Crippen LogP contribution is 2.26. The first-order valence-corrected chi connectivity index (χ1v) is 6.86. The Bertz CT molecular complexity index is 651. The van der Waals surface area contributed by atoms with Gasteiger partial charge >= 0.3 is 5.97 Å². The van der Waals surface area contributed by atoms with E-state index < -0.39 is 5.97 Å². The van der Waals surface area contributed by atoms with Crippen LogP contribution in [0.4, 0.5) is 17.1 Å². The van der Waals surface area contributed by atoms with Crippen molar-refractivity contribution in [3.05, 3.63) is 53.6 Å². The minimum atomic E-state index is -0.412. The molecule has 3 N–H and O–H groups in total. The zero-order chi connectivity index (χ0) is 15.4. The highest BCUT2D eigenvalue weighted by molar-refractivity contribution is 5.97. The molecule has 0 unspecified atom stereocenters. The molecule has 0 aliphatic heterocycles. The van der Waals surface area contributed by atoms with Crippen LogP contribution in [0.1, 0.15) is 35.7 Å². The maximum absolute atomic E-state index is 11.8. The molecule has 2 aromatic carbocycles. The van der Waals surface area contributed by atoms with E-state index >= 15 is 0 Å². The lowest BCUT2D eigenvalue weighted by atomic mass is 10.0. The summed E-state index contributed by atoms with van der Waals surface area (Å²) in [5.74, 6) is 0.0306. The lowest BCUT2D eigenvalue weighted by Gasteiger charge is -2.13. The van der Waals surface area contributed by atoms with Gasteiger partial charge in [0.2, 0.25) is 0 Å². The van der Waals surface area contributed by atoms with Crippen LogP contribution in [0.15, 0.2) is 42.5 Å². The zero-order valence-electron chi connectivity index (χ0n) is 12.5. The Morgan fingerprint density at radius 3 is 2.62 bits per heavy atom. The summed E-state index contributed by atoms with van der Waals surface area (Å²) < 4.78 is 4.80. The summed E-state index contributed by atoms with van der Waals surface area (Å²) in [5.41, 5.74) is 9.53. The quantitative estimate of drug-likeness (QED) is 0.659. The second kappa shape index (κ2) is 6.31. The van der Waals surface area contributed by atoms with Crippen LogP contribution in [-0.2, 0) is 4.74 Å². The van der Waals surface area contributed by atoms with Gasteiger partial charge in [0, 0.05) is 11.4 Å². The second-order valence-corrected chi connectivity index (χ2v) is 5.20. The summed E-state index contributed by atoms with van der Waals surface area (Å²) in [6, 6.07) is 13.3. The van der Waals surface area contributed by atoms with Crippen LogP contribution in [0.3, 0.4) is 0 Å². The average Bonchev–Trinajstić information content (AvgIpc) is 2.48. The molecule has 2 rings (SSSR count). The molecule has 0 aliphatic carbocycles. The van der Waals surface area contributed by atoms with E-state index in [9.17, 15) is 4.79 Å². The number of anilines is 3. The van der Waals surface area contributed by atoms with E-state index in [4.69, 9.17) is 10.5 Å². The molecule has 4 nitrogen and oxygen atoms in total. The largest absolute Gasteiger partial charge is 0.465 e. The number of ether oxygens (including phenoxy) is 1. The molecule has 110 valence electrons. The van der Waals surface area contributed by atoms with Crippen LogP contribution in [0, 0.1) is 0 Å². The Labute approximate surface area is 124 Å².